The normalized spacial score (nSPS) is 12.1. The number of benzene rings is 1. The monoisotopic (exact) mass is 209 g/mol. The van der Waals surface area contributed by atoms with Gasteiger partial charge in [-0.2, -0.15) is 0 Å². The SMILES string of the molecule is CC(O)Cc1ccc(COC(N)=O)cc1. The molecule has 0 fully saturated rings. The fraction of sp³-hybridized carbons (Fsp3) is 0.364. The zero-order chi connectivity index (χ0) is 11.3. The standard InChI is InChI=1S/C11H15NO3/c1-8(13)6-9-2-4-10(5-3-9)7-15-11(12)14/h2-5,8,13H,6-7H2,1H3,(H2,12,14). The van der Waals surface area contributed by atoms with E-state index in [0.29, 0.717) is 6.42 Å². The number of carbonyl (C=O) groups excluding carboxylic acids is 1. The summed E-state index contributed by atoms with van der Waals surface area (Å²) < 4.78 is 4.64. The maximum Gasteiger partial charge on any atom is 0.404 e. The van der Waals surface area contributed by atoms with E-state index in [0.717, 1.165) is 11.1 Å². The summed E-state index contributed by atoms with van der Waals surface area (Å²) in [7, 11) is 0. The summed E-state index contributed by atoms with van der Waals surface area (Å²) in [4.78, 5) is 10.4. The third-order valence-electron chi connectivity index (χ3n) is 1.94. The van der Waals surface area contributed by atoms with Crippen LogP contribution in [0.25, 0.3) is 0 Å². The molecule has 0 radical (unpaired) electrons. The molecule has 0 saturated carbocycles. The zero-order valence-corrected chi connectivity index (χ0v) is 8.64. The molecule has 0 spiro atoms. The Balaban J connectivity index is 2.52. The molecule has 4 nitrogen and oxygen atoms in total. The predicted octanol–water partition coefficient (Wildman–Crippen LogP) is 1.21. The number of carbonyl (C=O) groups is 1. The van der Waals surface area contributed by atoms with Gasteiger partial charge < -0.3 is 15.6 Å². The first kappa shape index (κ1) is 11.5. The summed E-state index contributed by atoms with van der Waals surface area (Å²) in [6.45, 7) is 1.93. The van der Waals surface area contributed by atoms with Crippen LogP contribution in [0.3, 0.4) is 0 Å². The van der Waals surface area contributed by atoms with E-state index < -0.39 is 6.09 Å². The van der Waals surface area contributed by atoms with Gasteiger partial charge in [-0.15, -0.1) is 0 Å². The first-order valence-electron chi connectivity index (χ1n) is 4.76. The minimum absolute atomic E-state index is 0.185. The van der Waals surface area contributed by atoms with Crippen LogP contribution in [0.15, 0.2) is 24.3 Å². The number of ether oxygens (including phenoxy) is 1. The van der Waals surface area contributed by atoms with E-state index >= 15 is 0 Å². The van der Waals surface area contributed by atoms with Crippen LogP contribution in [-0.4, -0.2) is 17.3 Å². The Kier molecular flexibility index (Phi) is 4.12. The van der Waals surface area contributed by atoms with Gasteiger partial charge in [0.15, 0.2) is 0 Å². The van der Waals surface area contributed by atoms with Crippen molar-refractivity contribution in [3.63, 3.8) is 0 Å². The highest BCUT2D eigenvalue weighted by Gasteiger charge is 2.00. The molecule has 15 heavy (non-hydrogen) atoms. The van der Waals surface area contributed by atoms with Crippen molar-refractivity contribution in [2.24, 2.45) is 5.73 Å². The van der Waals surface area contributed by atoms with Gasteiger partial charge in [0.25, 0.3) is 0 Å². The number of rotatable bonds is 4. The molecule has 1 atom stereocenters. The topological polar surface area (TPSA) is 72.6 Å². The number of hydrogen-bond donors (Lipinski definition) is 2. The summed E-state index contributed by atoms with van der Waals surface area (Å²) >= 11 is 0. The predicted molar refractivity (Wildman–Crippen MR) is 56.2 cm³/mol. The molecule has 82 valence electrons. The number of primary amides is 1. The lowest BCUT2D eigenvalue weighted by atomic mass is 10.1. The van der Waals surface area contributed by atoms with E-state index in [9.17, 15) is 4.79 Å². The Morgan fingerprint density at radius 1 is 1.40 bits per heavy atom. The fourth-order valence-electron chi connectivity index (χ4n) is 1.27. The Hall–Kier alpha value is -1.55. The van der Waals surface area contributed by atoms with Crippen LogP contribution in [0.5, 0.6) is 0 Å². The Bertz CT molecular complexity index is 319. The molecule has 0 saturated heterocycles. The van der Waals surface area contributed by atoms with Gasteiger partial charge in [0.05, 0.1) is 6.10 Å². The molecule has 0 aliphatic rings. The van der Waals surface area contributed by atoms with Crippen molar-refractivity contribution >= 4 is 6.09 Å². The highest BCUT2D eigenvalue weighted by molar-refractivity contribution is 5.64. The number of nitrogens with two attached hydrogens (primary N) is 1. The number of amides is 1. The molecule has 1 aromatic carbocycles. The molecular weight excluding hydrogens is 194 g/mol. The highest BCUT2D eigenvalue weighted by atomic mass is 16.5. The van der Waals surface area contributed by atoms with Crippen molar-refractivity contribution < 1.29 is 14.6 Å². The van der Waals surface area contributed by atoms with Gasteiger partial charge in [0.1, 0.15) is 6.61 Å². The molecule has 1 rings (SSSR count). The first-order valence-corrected chi connectivity index (χ1v) is 4.76. The molecule has 4 heteroatoms. The molecule has 0 aliphatic heterocycles. The number of hydrogen-bond acceptors (Lipinski definition) is 3. The van der Waals surface area contributed by atoms with E-state index in [4.69, 9.17) is 10.8 Å². The molecule has 0 aromatic heterocycles. The minimum atomic E-state index is -0.775. The first-order chi connectivity index (χ1) is 7.08. The summed E-state index contributed by atoms with van der Waals surface area (Å²) in [5, 5.41) is 9.17. The second-order valence-electron chi connectivity index (χ2n) is 3.48. The lowest BCUT2D eigenvalue weighted by Crippen LogP contribution is -2.12. The third-order valence-corrected chi connectivity index (χ3v) is 1.94. The maximum absolute atomic E-state index is 10.4. The minimum Gasteiger partial charge on any atom is -0.445 e. The van der Waals surface area contributed by atoms with Gasteiger partial charge in [-0.1, -0.05) is 24.3 Å². The van der Waals surface area contributed by atoms with Gasteiger partial charge in [-0.05, 0) is 24.5 Å². The summed E-state index contributed by atoms with van der Waals surface area (Å²) in [6, 6.07) is 7.49. The van der Waals surface area contributed by atoms with E-state index in [-0.39, 0.29) is 12.7 Å². The highest BCUT2D eigenvalue weighted by Crippen LogP contribution is 2.07. The summed E-state index contributed by atoms with van der Waals surface area (Å²) in [6.07, 6.45) is -0.502. The molecule has 1 aromatic rings. The molecule has 1 unspecified atom stereocenters. The van der Waals surface area contributed by atoms with Gasteiger partial charge in [-0.3, -0.25) is 0 Å². The van der Waals surface area contributed by atoms with Crippen LogP contribution in [0, 0.1) is 0 Å². The van der Waals surface area contributed by atoms with Crippen LogP contribution in [0.4, 0.5) is 4.79 Å². The molecule has 1 amide bonds. The van der Waals surface area contributed by atoms with E-state index in [1.54, 1.807) is 6.92 Å². The van der Waals surface area contributed by atoms with E-state index in [1.807, 2.05) is 24.3 Å². The molecule has 0 bridgehead atoms. The van der Waals surface area contributed by atoms with Gasteiger partial charge in [0.2, 0.25) is 0 Å². The Morgan fingerprint density at radius 3 is 2.40 bits per heavy atom. The van der Waals surface area contributed by atoms with Crippen LogP contribution >= 0.6 is 0 Å². The summed E-state index contributed by atoms with van der Waals surface area (Å²) in [5.41, 5.74) is 6.77. The smallest absolute Gasteiger partial charge is 0.404 e. The average molecular weight is 209 g/mol. The van der Waals surface area contributed by atoms with Crippen molar-refractivity contribution in [1.82, 2.24) is 0 Å². The van der Waals surface area contributed by atoms with Crippen LogP contribution in [0.2, 0.25) is 0 Å². The average Bonchev–Trinajstić information content (AvgIpc) is 2.16. The van der Waals surface area contributed by atoms with Crippen molar-refractivity contribution in [2.45, 2.75) is 26.1 Å². The molecular formula is C11H15NO3. The van der Waals surface area contributed by atoms with E-state index in [1.165, 1.54) is 0 Å². The lowest BCUT2D eigenvalue weighted by Gasteiger charge is -2.06. The largest absolute Gasteiger partial charge is 0.445 e. The molecule has 0 aliphatic carbocycles. The lowest BCUT2D eigenvalue weighted by molar-refractivity contribution is 0.150. The maximum atomic E-state index is 10.4. The van der Waals surface area contributed by atoms with Crippen molar-refractivity contribution in [3.8, 4) is 0 Å². The second-order valence-corrected chi connectivity index (χ2v) is 3.48. The van der Waals surface area contributed by atoms with Crippen molar-refractivity contribution in [2.75, 3.05) is 0 Å². The summed E-state index contributed by atoms with van der Waals surface area (Å²) in [5.74, 6) is 0. The number of aliphatic hydroxyl groups excluding tert-OH is 1. The Labute approximate surface area is 88.7 Å². The molecule has 3 N–H and O–H groups in total. The molecule has 0 heterocycles. The van der Waals surface area contributed by atoms with Crippen LogP contribution in [0.1, 0.15) is 18.1 Å². The van der Waals surface area contributed by atoms with Gasteiger partial charge in [-0.25, -0.2) is 4.79 Å². The van der Waals surface area contributed by atoms with Crippen molar-refractivity contribution in [1.29, 1.82) is 0 Å². The fourth-order valence-corrected chi connectivity index (χ4v) is 1.27. The van der Waals surface area contributed by atoms with Crippen LogP contribution < -0.4 is 5.73 Å². The second kappa shape index (κ2) is 5.36. The van der Waals surface area contributed by atoms with Crippen molar-refractivity contribution in [3.05, 3.63) is 35.4 Å². The zero-order valence-electron chi connectivity index (χ0n) is 8.64. The van der Waals surface area contributed by atoms with Gasteiger partial charge >= 0.3 is 6.09 Å². The van der Waals surface area contributed by atoms with E-state index in [2.05, 4.69) is 4.74 Å². The Morgan fingerprint density at radius 2 is 1.93 bits per heavy atom. The quantitative estimate of drug-likeness (QED) is 0.782. The number of aliphatic hydroxyl groups is 1. The third kappa shape index (κ3) is 4.46. The van der Waals surface area contributed by atoms with Crippen LogP contribution in [-0.2, 0) is 17.8 Å². The van der Waals surface area contributed by atoms with Gasteiger partial charge in [0, 0.05) is 0 Å².